The van der Waals surface area contributed by atoms with Crippen LogP contribution in [0.25, 0.3) is 0 Å². The van der Waals surface area contributed by atoms with Crippen LogP contribution in [0.2, 0.25) is 9.49 Å². The van der Waals surface area contributed by atoms with Crippen LogP contribution in [-0.2, 0) is 6.54 Å². The van der Waals surface area contributed by atoms with E-state index >= 15 is 0 Å². The molecule has 0 saturated carbocycles. The lowest BCUT2D eigenvalue weighted by Crippen LogP contribution is -2.20. The molecule has 0 N–H and O–H groups in total. The number of hydrogen-bond acceptors (Lipinski definition) is 3. The van der Waals surface area contributed by atoms with E-state index in [0.717, 1.165) is 5.56 Å². The molecule has 0 amide bonds. The molecule has 2 aromatic rings. The number of rotatable bonds is 2. The van der Waals surface area contributed by atoms with Crippen molar-refractivity contribution in [3.63, 3.8) is 0 Å². The molecule has 0 radical (unpaired) electrons. The molecule has 0 atom stereocenters. The van der Waals surface area contributed by atoms with Crippen molar-refractivity contribution in [3.8, 4) is 0 Å². The van der Waals surface area contributed by atoms with Crippen LogP contribution in [0, 0.1) is 0 Å². The summed E-state index contributed by atoms with van der Waals surface area (Å²) in [5, 5.41) is 1.89. The molecular formula is C9H6Cl2N2OS. The van der Waals surface area contributed by atoms with Crippen molar-refractivity contribution in [2.24, 2.45) is 0 Å². The summed E-state index contributed by atoms with van der Waals surface area (Å²) < 4.78 is 2.20. The summed E-state index contributed by atoms with van der Waals surface area (Å²) >= 11 is 12.8. The third kappa shape index (κ3) is 2.40. The Morgan fingerprint density at radius 2 is 2.27 bits per heavy atom. The summed E-state index contributed by atoms with van der Waals surface area (Å²) in [4.78, 5) is 15.2. The number of aromatic nitrogens is 2. The smallest absolute Gasteiger partial charge is 0.288 e. The second-order valence-corrected chi connectivity index (χ2v) is 4.81. The van der Waals surface area contributed by atoms with Gasteiger partial charge >= 0.3 is 0 Å². The first kappa shape index (κ1) is 10.7. The van der Waals surface area contributed by atoms with Crippen LogP contribution >= 0.6 is 34.5 Å². The fourth-order valence-corrected chi connectivity index (χ4v) is 2.24. The van der Waals surface area contributed by atoms with E-state index < -0.39 is 0 Å². The maximum atomic E-state index is 11.5. The average Bonchev–Trinajstić information content (AvgIpc) is 2.59. The molecule has 3 nitrogen and oxygen atoms in total. The molecule has 2 heterocycles. The van der Waals surface area contributed by atoms with E-state index in [4.69, 9.17) is 23.2 Å². The Labute approximate surface area is 99.9 Å². The third-order valence-corrected chi connectivity index (χ3v) is 3.25. The van der Waals surface area contributed by atoms with Gasteiger partial charge in [0.15, 0.2) is 5.15 Å². The Morgan fingerprint density at radius 3 is 2.93 bits per heavy atom. The molecule has 0 unspecified atom stereocenters. The van der Waals surface area contributed by atoms with Crippen molar-refractivity contribution in [1.82, 2.24) is 9.55 Å². The fourth-order valence-electron chi connectivity index (χ4n) is 1.17. The van der Waals surface area contributed by atoms with Gasteiger partial charge in [0, 0.05) is 12.4 Å². The lowest BCUT2D eigenvalue weighted by molar-refractivity contribution is 0.750. The van der Waals surface area contributed by atoms with E-state index in [1.807, 2.05) is 11.4 Å². The van der Waals surface area contributed by atoms with E-state index in [9.17, 15) is 4.79 Å². The predicted octanol–water partition coefficient (Wildman–Crippen LogP) is 2.66. The molecule has 6 heteroatoms. The van der Waals surface area contributed by atoms with Crippen LogP contribution in [0.15, 0.2) is 28.6 Å². The summed E-state index contributed by atoms with van der Waals surface area (Å²) in [5.74, 6) is 0. The van der Waals surface area contributed by atoms with Crippen LogP contribution in [0.4, 0.5) is 0 Å². The van der Waals surface area contributed by atoms with Gasteiger partial charge in [0.05, 0.1) is 10.9 Å². The lowest BCUT2D eigenvalue weighted by atomic mass is 10.3. The molecule has 2 rings (SSSR count). The predicted molar refractivity (Wildman–Crippen MR) is 61.9 cm³/mol. The van der Waals surface area contributed by atoms with Gasteiger partial charge in [0.25, 0.3) is 5.56 Å². The number of hydrogen-bond donors (Lipinski definition) is 0. The molecule has 0 saturated heterocycles. The molecule has 78 valence electrons. The van der Waals surface area contributed by atoms with Gasteiger partial charge < -0.3 is 4.57 Å². The summed E-state index contributed by atoms with van der Waals surface area (Å²) in [6, 6.07) is 1.83. The van der Waals surface area contributed by atoms with E-state index in [1.165, 1.54) is 22.1 Å². The fraction of sp³-hybridized carbons (Fsp3) is 0.111. The number of thiophene rings is 1. The molecule has 2 aromatic heterocycles. The minimum Gasteiger partial charge on any atom is -0.307 e. The summed E-state index contributed by atoms with van der Waals surface area (Å²) in [7, 11) is 0. The first-order valence-electron chi connectivity index (χ1n) is 4.10. The molecule has 0 aromatic carbocycles. The Hall–Kier alpha value is -0.840. The zero-order valence-corrected chi connectivity index (χ0v) is 9.81. The SMILES string of the molecule is O=c1c(Cl)nccn1Cc1csc(Cl)c1. The average molecular weight is 261 g/mol. The first-order valence-corrected chi connectivity index (χ1v) is 5.74. The lowest BCUT2D eigenvalue weighted by Gasteiger charge is -2.02. The van der Waals surface area contributed by atoms with Gasteiger partial charge in [-0.1, -0.05) is 23.2 Å². The maximum Gasteiger partial charge on any atom is 0.288 e. The van der Waals surface area contributed by atoms with Crippen molar-refractivity contribution in [3.05, 3.63) is 49.2 Å². The highest BCUT2D eigenvalue weighted by molar-refractivity contribution is 7.14. The molecule has 0 aliphatic heterocycles. The van der Waals surface area contributed by atoms with Crippen LogP contribution in [0.3, 0.4) is 0 Å². The van der Waals surface area contributed by atoms with Crippen molar-refractivity contribution in [2.45, 2.75) is 6.54 Å². The topological polar surface area (TPSA) is 34.9 Å². The van der Waals surface area contributed by atoms with Crippen molar-refractivity contribution >= 4 is 34.5 Å². The van der Waals surface area contributed by atoms with Crippen LogP contribution in [0.5, 0.6) is 0 Å². The van der Waals surface area contributed by atoms with Gasteiger partial charge in [0.2, 0.25) is 0 Å². The molecule has 0 spiro atoms. The van der Waals surface area contributed by atoms with Gasteiger partial charge in [-0.15, -0.1) is 11.3 Å². The van der Waals surface area contributed by atoms with Crippen molar-refractivity contribution in [2.75, 3.05) is 0 Å². The summed E-state index contributed by atoms with van der Waals surface area (Å²) in [6.45, 7) is 0.463. The Balaban J connectivity index is 2.32. The molecule has 0 fully saturated rings. The van der Waals surface area contributed by atoms with Crippen LogP contribution < -0.4 is 5.56 Å². The van der Waals surface area contributed by atoms with Crippen LogP contribution in [0.1, 0.15) is 5.56 Å². The minimum absolute atomic E-state index is 0.0150. The minimum atomic E-state index is -0.290. The highest BCUT2D eigenvalue weighted by Crippen LogP contribution is 2.20. The molecule has 0 bridgehead atoms. The first-order chi connectivity index (χ1) is 7.16. The van der Waals surface area contributed by atoms with Crippen molar-refractivity contribution in [1.29, 1.82) is 0 Å². The Kier molecular flexibility index (Phi) is 3.09. The Morgan fingerprint density at radius 1 is 1.47 bits per heavy atom. The summed E-state index contributed by atoms with van der Waals surface area (Å²) in [5.41, 5.74) is 0.691. The van der Waals surface area contributed by atoms with Crippen LogP contribution in [-0.4, -0.2) is 9.55 Å². The highest BCUT2D eigenvalue weighted by Gasteiger charge is 2.03. The van der Waals surface area contributed by atoms with Gasteiger partial charge in [-0.2, -0.15) is 0 Å². The van der Waals surface area contributed by atoms with E-state index in [2.05, 4.69) is 4.98 Å². The van der Waals surface area contributed by atoms with E-state index in [0.29, 0.717) is 10.9 Å². The van der Waals surface area contributed by atoms with E-state index in [-0.39, 0.29) is 10.7 Å². The van der Waals surface area contributed by atoms with Gasteiger partial charge in [-0.25, -0.2) is 4.98 Å². The molecule has 15 heavy (non-hydrogen) atoms. The monoisotopic (exact) mass is 260 g/mol. The number of nitrogens with zero attached hydrogens (tertiary/aromatic N) is 2. The van der Waals surface area contributed by atoms with E-state index in [1.54, 1.807) is 6.20 Å². The normalized spacial score (nSPS) is 10.5. The zero-order chi connectivity index (χ0) is 10.8. The highest BCUT2D eigenvalue weighted by atomic mass is 35.5. The van der Waals surface area contributed by atoms with Gasteiger partial charge in [-0.3, -0.25) is 4.79 Å². The quantitative estimate of drug-likeness (QED) is 0.833. The summed E-state index contributed by atoms with van der Waals surface area (Å²) in [6.07, 6.45) is 3.09. The maximum absolute atomic E-state index is 11.5. The molecule has 0 aliphatic carbocycles. The molecular weight excluding hydrogens is 255 g/mol. The Bertz CT molecular complexity index is 535. The second-order valence-electron chi connectivity index (χ2n) is 2.91. The molecule has 0 aliphatic rings. The largest absolute Gasteiger partial charge is 0.307 e. The van der Waals surface area contributed by atoms with Crippen molar-refractivity contribution < 1.29 is 0 Å². The number of halogens is 2. The zero-order valence-electron chi connectivity index (χ0n) is 7.48. The van der Waals surface area contributed by atoms with Gasteiger partial charge in [-0.05, 0) is 17.0 Å². The second kappa shape index (κ2) is 4.35. The van der Waals surface area contributed by atoms with Gasteiger partial charge in [0.1, 0.15) is 0 Å². The standard InChI is InChI=1S/C9H6Cl2N2OS/c10-7-3-6(5-15-7)4-13-2-1-12-8(11)9(13)14/h1-3,5H,4H2. The third-order valence-electron chi connectivity index (χ3n) is 1.85.